The van der Waals surface area contributed by atoms with Gasteiger partial charge >= 0.3 is 0 Å². The Hall–Kier alpha value is -3.19. The summed E-state index contributed by atoms with van der Waals surface area (Å²) < 4.78 is 5.88. The summed E-state index contributed by atoms with van der Waals surface area (Å²) in [5.41, 5.74) is 12.8. The summed E-state index contributed by atoms with van der Waals surface area (Å²) in [4.78, 5) is 16.4. The van der Waals surface area contributed by atoms with Gasteiger partial charge in [-0.15, -0.1) is 12.4 Å². The van der Waals surface area contributed by atoms with E-state index < -0.39 is 5.91 Å². The molecule has 3 aromatic rings. The van der Waals surface area contributed by atoms with Crippen LogP contribution in [0.3, 0.4) is 0 Å². The lowest BCUT2D eigenvalue weighted by molar-refractivity contribution is 0.0864. The minimum atomic E-state index is -0.399. The molecule has 3 rings (SSSR count). The van der Waals surface area contributed by atoms with Crippen molar-refractivity contribution in [1.82, 2.24) is 9.88 Å². The third kappa shape index (κ3) is 3.51. The fourth-order valence-electron chi connectivity index (χ4n) is 2.31. The standard InChI is InChI=1S/C17H17N5O2.ClH/c1-22(17(19)20)16(23)12-9-10-5-4-8-14(15(10)21-12)24-13-7-3-2-6-11(13)18;/h2-9,21H,18H2,1H3,(H3,19,20);1H. The summed E-state index contributed by atoms with van der Waals surface area (Å²) in [6, 6.07) is 14.3. The Bertz CT molecular complexity index is 938. The van der Waals surface area contributed by atoms with Gasteiger partial charge in [0.1, 0.15) is 11.4 Å². The molecule has 0 atom stereocenters. The van der Waals surface area contributed by atoms with Gasteiger partial charge in [0.2, 0.25) is 0 Å². The number of aromatic amines is 1. The van der Waals surface area contributed by atoms with Gasteiger partial charge in [-0.05, 0) is 24.3 Å². The van der Waals surface area contributed by atoms with Crippen molar-refractivity contribution in [2.75, 3.05) is 12.8 Å². The number of carbonyl (C=O) groups excluding carboxylic acids is 1. The first kappa shape index (κ1) is 18.2. The molecule has 0 unspecified atom stereocenters. The third-order valence-electron chi connectivity index (χ3n) is 3.65. The molecule has 8 heteroatoms. The number of carbonyl (C=O) groups is 1. The Balaban J connectivity index is 0.00000225. The predicted octanol–water partition coefficient (Wildman–Crippen LogP) is 2.93. The molecule has 1 aromatic heterocycles. The van der Waals surface area contributed by atoms with E-state index in [-0.39, 0.29) is 18.4 Å². The third-order valence-corrected chi connectivity index (χ3v) is 3.65. The summed E-state index contributed by atoms with van der Waals surface area (Å²) in [7, 11) is 1.44. The molecule has 0 bridgehead atoms. The Labute approximate surface area is 150 Å². The molecule has 7 nitrogen and oxygen atoms in total. The number of guanidine groups is 1. The molecule has 0 radical (unpaired) electrons. The predicted molar refractivity (Wildman–Crippen MR) is 100 cm³/mol. The van der Waals surface area contributed by atoms with Crippen molar-refractivity contribution in [2.45, 2.75) is 0 Å². The Kier molecular flexibility index (Phi) is 5.19. The molecule has 2 aromatic carbocycles. The van der Waals surface area contributed by atoms with Crippen LogP contribution in [0.1, 0.15) is 10.5 Å². The largest absolute Gasteiger partial charge is 0.453 e. The average Bonchev–Trinajstić information content (AvgIpc) is 3.00. The normalized spacial score (nSPS) is 10.1. The molecule has 0 spiro atoms. The monoisotopic (exact) mass is 359 g/mol. The number of benzene rings is 2. The van der Waals surface area contributed by atoms with E-state index in [1.165, 1.54) is 7.05 Å². The van der Waals surface area contributed by atoms with Crippen molar-refractivity contribution in [3.63, 3.8) is 0 Å². The fourth-order valence-corrected chi connectivity index (χ4v) is 2.31. The van der Waals surface area contributed by atoms with Gasteiger partial charge in [-0.1, -0.05) is 24.3 Å². The summed E-state index contributed by atoms with van der Waals surface area (Å²) >= 11 is 0. The number of rotatable bonds is 3. The maximum absolute atomic E-state index is 12.3. The maximum Gasteiger partial charge on any atom is 0.276 e. The van der Waals surface area contributed by atoms with Crippen molar-refractivity contribution < 1.29 is 9.53 Å². The van der Waals surface area contributed by atoms with E-state index in [1.807, 2.05) is 24.3 Å². The minimum Gasteiger partial charge on any atom is -0.453 e. The zero-order valence-corrected chi connectivity index (χ0v) is 14.3. The van der Waals surface area contributed by atoms with Gasteiger partial charge in [-0.2, -0.15) is 0 Å². The van der Waals surface area contributed by atoms with E-state index in [9.17, 15) is 4.79 Å². The Morgan fingerprint density at radius 1 is 1.16 bits per heavy atom. The molecule has 6 N–H and O–H groups in total. The van der Waals surface area contributed by atoms with Gasteiger partial charge in [0, 0.05) is 12.4 Å². The maximum atomic E-state index is 12.3. The van der Waals surface area contributed by atoms with Gasteiger partial charge in [-0.25, -0.2) is 0 Å². The Morgan fingerprint density at radius 3 is 2.52 bits per heavy atom. The van der Waals surface area contributed by atoms with E-state index in [1.54, 1.807) is 24.3 Å². The van der Waals surface area contributed by atoms with Gasteiger partial charge in [-0.3, -0.25) is 15.1 Å². The molecule has 0 saturated carbocycles. The highest BCUT2D eigenvalue weighted by Gasteiger charge is 2.17. The van der Waals surface area contributed by atoms with E-state index in [4.69, 9.17) is 21.6 Å². The van der Waals surface area contributed by atoms with Crippen LogP contribution in [0.2, 0.25) is 0 Å². The molecular weight excluding hydrogens is 342 g/mol. The molecule has 25 heavy (non-hydrogen) atoms. The number of hydrogen-bond acceptors (Lipinski definition) is 4. The van der Waals surface area contributed by atoms with Crippen LogP contribution in [0, 0.1) is 5.41 Å². The Morgan fingerprint density at radius 2 is 1.84 bits per heavy atom. The van der Waals surface area contributed by atoms with Gasteiger partial charge in [0.05, 0.1) is 11.2 Å². The highest BCUT2D eigenvalue weighted by Crippen LogP contribution is 2.32. The van der Waals surface area contributed by atoms with Crippen LogP contribution in [0.4, 0.5) is 5.69 Å². The van der Waals surface area contributed by atoms with Crippen LogP contribution in [0.5, 0.6) is 11.5 Å². The summed E-state index contributed by atoms with van der Waals surface area (Å²) in [6.07, 6.45) is 0. The minimum absolute atomic E-state index is 0. The van der Waals surface area contributed by atoms with Crippen LogP contribution < -0.4 is 16.2 Å². The number of nitrogen functional groups attached to an aromatic ring is 1. The molecule has 0 aliphatic heterocycles. The number of para-hydroxylation sites is 3. The smallest absolute Gasteiger partial charge is 0.276 e. The highest BCUT2D eigenvalue weighted by atomic mass is 35.5. The molecular formula is C17H18ClN5O2. The summed E-state index contributed by atoms with van der Waals surface area (Å²) in [5.74, 6) is 0.360. The number of aromatic nitrogens is 1. The van der Waals surface area contributed by atoms with E-state index in [0.717, 1.165) is 10.3 Å². The lowest BCUT2D eigenvalue weighted by atomic mass is 10.2. The first-order chi connectivity index (χ1) is 11.5. The van der Waals surface area contributed by atoms with Crippen LogP contribution >= 0.6 is 12.4 Å². The lowest BCUT2D eigenvalue weighted by Crippen LogP contribution is -2.38. The SMILES string of the molecule is CN(C(=N)N)C(=O)c1cc2cccc(Oc3ccccc3N)c2[nH]1.Cl. The number of nitrogens with two attached hydrogens (primary N) is 2. The first-order valence-corrected chi connectivity index (χ1v) is 7.23. The number of amides is 1. The number of anilines is 1. The molecule has 0 aliphatic carbocycles. The van der Waals surface area contributed by atoms with Crippen LogP contribution in [0.15, 0.2) is 48.5 Å². The van der Waals surface area contributed by atoms with Crippen LogP contribution in [-0.4, -0.2) is 28.8 Å². The number of ether oxygens (including phenoxy) is 1. The number of halogens is 1. The number of H-pyrrole nitrogens is 1. The topological polar surface area (TPSA) is 121 Å². The van der Waals surface area contributed by atoms with Gasteiger partial charge in [0.25, 0.3) is 5.91 Å². The average molecular weight is 360 g/mol. The number of hydrogen-bond donors (Lipinski definition) is 4. The van der Waals surface area contributed by atoms with Crippen molar-refractivity contribution in [1.29, 1.82) is 5.41 Å². The van der Waals surface area contributed by atoms with Crippen molar-refractivity contribution in [3.8, 4) is 11.5 Å². The fraction of sp³-hybridized carbons (Fsp3) is 0.0588. The molecule has 1 heterocycles. The quantitative estimate of drug-likeness (QED) is 0.326. The number of nitrogens with one attached hydrogen (secondary N) is 2. The second kappa shape index (κ2) is 7.14. The van der Waals surface area contributed by atoms with Gasteiger partial charge < -0.3 is 21.2 Å². The van der Waals surface area contributed by atoms with Crippen molar-refractivity contribution >= 4 is 40.9 Å². The number of fused-ring (bicyclic) bond motifs is 1. The first-order valence-electron chi connectivity index (χ1n) is 7.23. The van der Waals surface area contributed by atoms with Gasteiger partial charge in [0.15, 0.2) is 11.7 Å². The van der Waals surface area contributed by atoms with E-state index in [2.05, 4.69) is 4.98 Å². The zero-order chi connectivity index (χ0) is 17.3. The van der Waals surface area contributed by atoms with E-state index >= 15 is 0 Å². The second-order valence-electron chi connectivity index (χ2n) is 5.29. The molecule has 130 valence electrons. The lowest BCUT2D eigenvalue weighted by Gasteiger charge is -2.13. The van der Waals surface area contributed by atoms with Crippen molar-refractivity contribution in [2.24, 2.45) is 5.73 Å². The second-order valence-corrected chi connectivity index (χ2v) is 5.29. The molecule has 0 aliphatic rings. The molecule has 0 fully saturated rings. The van der Waals surface area contributed by atoms with Crippen LogP contribution in [-0.2, 0) is 0 Å². The number of nitrogens with zero attached hydrogens (tertiary/aromatic N) is 1. The van der Waals surface area contributed by atoms with E-state index in [0.29, 0.717) is 28.4 Å². The van der Waals surface area contributed by atoms with Crippen LogP contribution in [0.25, 0.3) is 10.9 Å². The highest BCUT2D eigenvalue weighted by molar-refractivity contribution is 6.06. The zero-order valence-electron chi connectivity index (χ0n) is 13.4. The van der Waals surface area contributed by atoms with Crippen molar-refractivity contribution in [3.05, 3.63) is 54.2 Å². The molecule has 1 amide bonds. The summed E-state index contributed by atoms with van der Waals surface area (Å²) in [5, 5.41) is 8.17. The summed E-state index contributed by atoms with van der Waals surface area (Å²) in [6.45, 7) is 0. The molecule has 0 saturated heterocycles.